The summed E-state index contributed by atoms with van der Waals surface area (Å²) in [7, 11) is 1.22. The Kier molecular flexibility index (Phi) is 2.79. The van der Waals surface area contributed by atoms with Crippen molar-refractivity contribution >= 4 is 28.6 Å². The lowest BCUT2D eigenvalue weighted by Crippen LogP contribution is -2.17. The highest BCUT2D eigenvalue weighted by Gasteiger charge is 2.08. The number of aromatic amines is 1. The van der Waals surface area contributed by atoms with Crippen LogP contribution >= 0.6 is 22.6 Å². The van der Waals surface area contributed by atoms with Crippen LogP contribution in [0.4, 0.5) is 0 Å². The van der Waals surface area contributed by atoms with E-state index in [1.807, 2.05) is 22.6 Å². The third-order valence-electron chi connectivity index (χ3n) is 1.13. The van der Waals surface area contributed by atoms with Gasteiger partial charge in [-0.3, -0.25) is 9.78 Å². The van der Waals surface area contributed by atoms with Gasteiger partial charge in [-0.2, -0.15) is 0 Å². The highest BCUT2D eigenvalue weighted by molar-refractivity contribution is 14.1. The summed E-state index contributed by atoms with van der Waals surface area (Å²) in [6, 6.07) is 0. The Labute approximate surface area is 81.3 Å². The van der Waals surface area contributed by atoms with Gasteiger partial charge in [0.05, 0.1) is 10.7 Å². The Morgan fingerprint density at radius 3 is 2.92 bits per heavy atom. The van der Waals surface area contributed by atoms with E-state index in [-0.39, 0.29) is 11.4 Å². The molecular formula is C6H5IN2O3. The van der Waals surface area contributed by atoms with Crippen molar-refractivity contribution in [3.63, 3.8) is 0 Å². The van der Waals surface area contributed by atoms with Crippen molar-refractivity contribution in [3.05, 3.63) is 25.9 Å². The van der Waals surface area contributed by atoms with Crippen LogP contribution < -0.4 is 5.56 Å². The molecule has 0 aliphatic rings. The van der Waals surface area contributed by atoms with E-state index in [1.54, 1.807) is 0 Å². The Morgan fingerprint density at radius 1 is 1.75 bits per heavy atom. The van der Waals surface area contributed by atoms with Gasteiger partial charge in [0.1, 0.15) is 0 Å². The monoisotopic (exact) mass is 280 g/mol. The molecule has 64 valence electrons. The zero-order chi connectivity index (χ0) is 9.14. The van der Waals surface area contributed by atoms with Crippen molar-refractivity contribution in [3.8, 4) is 0 Å². The van der Waals surface area contributed by atoms with E-state index < -0.39 is 5.97 Å². The first kappa shape index (κ1) is 9.17. The lowest BCUT2D eigenvalue weighted by molar-refractivity contribution is 0.0586. The van der Waals surface area contributed by atoms with Gasteiger partial charge in [-0.05, 0) is 22.6 Å². The van der Waals surface area contributed by atoms with E-state index in [0.717, 1.165) is 0 Å². The number of esters is 1. The third kappa shape index (κ3) is 1.81. The van der Waals surface area contributed by atoms with Crippen LogP contribution in [0.1, 0.15) is 10.6 Å². The quantitative estimate of drug-likeness (QED) is 0.587. The average Bonchev–Trinajstić information content (AvgIpc) is 2.08. The van der Waals surface area contributed by atoms with Gasteiger partial charge >= 0.3 is 5.97 Å². The summed E-state index contributed by atoms with van der Waals surface area (Å²) < 4.78 is 4.79. The highest BCUT2D eigenvalue weighted by atomic mass is 127. The van der Waals surface area contributed by atoms with E-state index >= 15 is 0 Å². The van der Waals surface area contributed by atoms with E-state index in [2.05, 4.69) is 14.7 Å². The number of carbonyl (C=O) groups is 1. The third-order valence-corrected chi connectivity index (χ3v) is 1.90. The van der Waals surface area contributed by atoms with Crippen molar-refractivity contribution in [1.82, 2.24) is 9.97 Å². The van der Waals surface area contributed by atoms with Crippen molar-refractivity contribution < 1.29 is 9.53 Å². The molecule has 1 aromatic rings. The number of rotatable bonds is 1. The molecule has 1 aromatic heterocycles. The number of hydrogen-bond donors (Lipinski definition) is 1. The van der Waals surface area contributed by atoms with E-state index in [9.17, 15) is 9.59 Å². The second kappa shape index (κ2) is 3.65. The molecule has 0 aliphatic heterocycles. The molecule has 0 amide bonds. The minimum absolute atomic E-state index is 0.0806. The molecule has 0 bridgehead atoms. The number of hydrogen-bond acceptors (Lipinski definition) is 4. The Balaban J connectivity index is 3.13. The van der Waals surface area contributed by atoms with E-state index in [1.165, 1.54) is 13.3 Å². The van der Waals surface area contributed by atoms with Crippen LogP contribution in [0.15, 0.2) is 11.0 Å². The van der Waals surface area contributed by atoms with Crippen LogP contribution in [-0.4, -0.2) is 23.0 Å². The Bertz CT molecular complexity index is 360. The molecule has 0 saturated heterocycles. The fourth-order valence-electron chi connectivity index (χ4n) is 0.580. The number of nitrogens with one attached hydrogen (secondary N) is 1. The lowest BCUT2D eigenvalue weighted by atomic mass is 10.5. The molecule has 0 spiro atoms. The summed E-state index contributed by atoms with van der Waals surface area (Å²) in [4.78, 5) is 27.7. The van der Waals surface area contributed by atoms with E-state index in [0.29, 0.717) is 3.57 Å². The maximum atomic E-state index is 10.9. The maximum Gasteiger partial charge on any atom is 0.374 e. The predicted octanol–water partition coefficient (Wildman–Crippen LogP) is 0.161. The summed E-state index contributed by atoms with van der Waals surface area (Å²) in [5.74, 6) is -0.730. The number of carbonyl (C=O) groups excluding carboxylic acids is 1. The number of methoxy groups -OCH3 is 1. The molecule has 0 aromatic carbocycles. The summed E-state index contributed by atoms with van der Waals surface area (Å²) in [6.45, 7) is 0. The van der Waals surface area contributed by atoms with Gasteiger partial charge in [-0.25, -0.2) is 9.78 Å². The minimum atomic E-state index is -0.650. The fourth-order valence-corrected chi connectivity index (χ4v) is 0.854. The largest absolute Gasteiger partial charge is 0.463 e. The second-order valence-corrected chi connectivity index (χ2v) is 3.06. The summed E-state index contributed by atoms with van der Waals surface area (Å²) in [6.07, 6.45) is 1.31. The molecule has 0 aliphatic carbocycles. The highest BCUT2D eigenvalue weighted by Crippen LogP contribution is 1.94. The molecule has 12 heavy (non-hydrogen) atoms. The molecule has 0 fully saturated rings. The number of H-pyrrole nitrogens is 1. The van der Waals surface area contributed by atoms with Crippen LogP contribution in [0.3, 0.4) is 0 Å². The van der Waals surface area contributed by atoms with Crippen molar-refractivity contribution in [1.29, 1.82) is 0 Å². The number of nitrogens with zero attached hydrogens (tertiary/aromatic N) is 1. The molecule has 1 heterocycles. The summed E-state index contributed by atoms with van der Waals surface area (Å²) >= 11 is 1.82. The maximum absolute atomic E-state index is 10.9. The molecule has 0 radical (unpaired) electrons. The van der Waals surface area contributed by atoms with Gasteiger partial charge in [-0.1, -0.05) is 0 Å². The molecule has 0 unspecified atom stereocenters. The first-order valence-electron chi connectivity index (χ1n) is 2.98. The smallest absolute Gasteiger partial charge is 0.374 e. The normalized spacial score (nSPS) is 9.50. The Hall–Kier alpha value is -0.920. The first-order valence-corrected chi connectivity index (χ1v) is 4.06. The predicted molar refractivity (Wildman–Crippen MR) is 48.9 cm³/mol. The molecule has 6 heteroatoms. The topological polar surface area (TPSA) is 72.0 Å². The summed E-state index contributed by atoms with van der Waals surface area (Å²) in [5, 5.41) is 0. The van der Waals surface area contributed by atoms with Gasteiger partial charge in [0.2, 0.25) is 5.82 Å². The number of ether oxygens (including phenoxy) is 1. The zero-order valence-electron chi connectivity index (χ0n) is 6.13. The zero-order valence-corrected chi connectivity index (χ0v) is 8.28. The average molecular weight is 280 g/mol. The minimum Gasteiger partial charge on any atom is -0.463 e. The van der Waals surface area contributed by atoms with Crippen LogP contribution in [0.5, 0.6) is 0 Å². The SMILES string of the molecule is COC(=O)c1ncc(I)c(=O)[nH]1. The van der Waals surface area contributed by atoms with Crippen LogP contribution in [0.2, 0.25) is 0 Å². The van der Waals surface area contributed by atoms with Gasteiger partial charge < -0.3 is 4.74 Å². The van der Waals surface area contributed by atoms with Gasteiger partial charge in [0, 0.05) is 6.20 Å². The van der Waals surface area contributed by atoms with E-state index in [4.69, 9.17) is 0 Å². The Morgan fingerprint density at radius 2 is 2.42 bits per heavy atom. The second-order valence-electron chi connectivity index (χ2n) is 1.90. The van der Waals surface area contributed by atoms with Crippen molar-refractivity contribution in [2.24, 2.45) is 0 Å². The van der Waals surface area contributed by atoms with Crippen molar-refractivity contribution in [2.45, 2.75) is 0 Å². The molecule has 5 nitrogen and oxygen atoms in total. The van der Waals surface area contributed by atoms with Gasteiger partial charge in [0.15, 0.2) is 0 Å². The molecule has 1 N–H and O–H groups in total. The van der Waals surface area contributed by atoms with Gasteiger partial charge in [0.25, 0.3) is 5.56 Å². The standard InChI is InChI=1S/C6H5IN2O3/c1-12-6(11)4-8-2-3(7)5(10)9-4/h2H,1H3,(H,8,9,10). The van der Waals surface area contributed by atoms with Gasteiger partial charge in [-0.15, -0.1) is 0 Å². The van der Waals surface area contributed by atoms with Crippen LogP contribution in [0.25, 0.3) is 0 Å². The molecular weight excluding hydrogens is 275 g/mol. The first-order chi connectivity index (χ1) is 5.65. The van der Waals surface area contributed by atoms with Crippen LogP contribution in [-0.2, 0) is 4.74 Å². The number of aromatic nitrogens is 2. The van der Waals surface area contributed by atoms with Crippen molar-refractivity contribution in [2.75, 3.05) is 7.11 Å². The molecule has 1 rings (SSSR count). The lowest BCUT2D eigenvalue weighted by Gasteiger charge is -1.96. The molecule has 0 saturated carbocycles. The fraction of sp³-hybridized carbons (Fsp3) is 0.167. The number of halogens is 1. The molecule has 0 atom stereocenters. The summed E-state index contributed by atoms with van der Waals surface area (Å²) in [5.41, 5.74) is -0.342. The van der Waals surface area contributed by atoms with Crippen LogP contribution in [0, 0.1) is 3.57 Å².